The van der Waals surface area contributed by atoms with E-state index in [1.54, 1.807) is 30.3 Å². The molecule has 0 radical (unpaired) electrons. The number of benzene rings is 2. The van der Waals surface area contributed by atoms with Gasteiger partial charge in [-0.1, -0.05) is 41.8 Å². The fourth-order valence-electron chi connectivity index (χ4n) is 1.65. The van der Waals surface area contributed by atoms with Crippen LogP contribution in [0.15, 0.2) is 48.5 Å². The molecule has 0 fully saturated rings. The van der Waals surface area contributed by atoms with Gasteiger partial charge < -0.3 is 4.74 Å². The van der Waals surface area contributed by atoms with Crippen molar-refractivity contribution in [2.45, 2.75) is 6.92 Å². The highest BCUT2D eigenvalue weighted by molar-refractivity contribution is 5.97. The second kappa shape index (κ2) is 5.88. The van der Waals surface area contributed by atoms with Crippen LogP contribution in [-0.4, -0.2) is 12.4 Å². The lowest BCUT2D eigenvalue weighted by Gasteiger charge is -2.06. The van der Waals surface area contributed by atoms with Crippen LogP contribution in [0.5, 0.6) is 5.75 Å². The van der Waals surface area contributed by atoms with Crippen molar-refractivity contribution in [1.29, 1.82) is 0 Å². The third kappa shape index (κ3) is 3.46. The number of aryl methyl sites for hydroxylation is 1. The molecule has 0 spiro atoms. The predicted octanol–water partition coefficient (Wildman–Crippen LogP) is 3.24. The van der Waals surface area contributed by atoms with E-state index in [1.165, 1.54) is 0 Å². The molecule has 94 valence electrons. The summed E-state index contributed by atoms with van der Waals surface area (Å²) in [6, 6.07) is 14.6. The van der Waals surface area contributed by atoms with Crippen molar-refractivity contribution in [2.75, 3.05) is 6.61 Å². The van der Waals surface area contributed by atoms with E-state index in [-0.39, 0.29) is 12.4 Å². The van der Waals surface area contributed by atoms with E-state index >= 15 is 0 Å². The van der Waals surface area contributed by atoms with Gasteiger partial charge in [0.1, 0.15) is 5.75 Å². The van der Waals surface area contributed by atoms with Gasteiger partial charge in [-0.2, -0.15) is 0 Å². The minimum Gasteiger partial charge on any atom is -0.485 e. The Morgan fingerprint density at radius 1 is 1.21 bits per heavy atom. The Morgan fingerprint density at radius 3 is 2.63 bits per heavy atom. The number of Topliss-reactive ketones (excluding diaryl/α,β-unsaturated/α-hetero) is 1. The molecule has 0 bridgehead atoms. The summed E-state index contributed by atoms with van der Waals surface area (Å²) in [4.78, 5) is 11.9. The standard InChI is InChI=1S/C17H14O2/c1-3-14-5-4-6-16(11-14)19-12-17(18)15-9-7-13(2)8-10-15/h1,4-11H,12H2,2H3. The van der Waals surface area contributed by atoms with Gasteiger partial charge in [-0.3, -0.25) is 4.79 Å². The average molecular weight is 250 g/mol. The van der Waals surface area contributed by atoms with Gasteiger partial charge in [0.05, 0.1) is 0 Å². The van der Waals surface area contributed by atoms with Gasteiger partial charge in [-0.25, -0.2) is 0 Å². The highest BCUT2D eigenvalue weighted by Crippen LogP contribution is 2.13. The molecule has 2 rings (SSSR count). The Morgan fingerprint density at radius 2 is 1.95 bits per heavy atom. The Labute approximate surface area is 113 Å². The molecule has 0 saturated heterocycles. The van der Waals surface area contributed by atoms with E-state index in [9.17, 15) is 4.79 Å². The largest absolute Gasteiger partial charge is 0.485 e. The summed E-state index contributed by atoms with van der Waals surface area (Å²) >= 11 is 0. The maximum Gasteiger partial charge on any atom is 0.200 e. The summed E-state index contributed by atoms with van der Waals surface area (Å²) in [6.07, 6.45) is 5.31. The first-order valence-corrected chi connectivity index (χ1v) is 5.98. The first-order chi connectivity index (χ1) is 9.19. The van der Waals surface area contributed by atoms with Gasteiger partial charge in [0.25, 0.3) is 0 Å². The summed E-state index contributed by atoms with van der Waals surface area (Å²) in [5.74, 6) is 3.09. The highest BCUT2D eigenvalue weighted by Gasteiger charge is 2.06. The molecule has 0 N–H and O–H groups in total. The summed E-state index contributed by atoms with van der Waals surface area (Å²) in [7, 11) is 0. The zero-order valence-electron chi connectivity index (χ0n) is 10.7. The van der Waals surface area contributed by atoms with E-state index in [4.69, 9.17) is 11.2 Å². The van der Waals surface area contributed by atoms with Gasteiger partial charge in [0, 0.05) is 11.1 Å². The quantitative estimate of drug-likeness (QED) is 0.615. The van der Waals surface area contributed by atoms with Crippen molar-refractivity contribution in [3.63, 3.8) is 0 Å². The molecule has 0 unspecified atom stereocenters. The molecule has 19 heavy (non-hydrogen) atoms. The molecule has 0 heterocycles. The van der Waals surface area contributed by atoms with E-state index in [1.807, 2.05) is 25.1 Å². The summed E-state index contributed by atoms with van der Waals surface area (Å²) in [6.45, 7) is 1.99. The molecular weight excluding hydrogens is 236 g/mol. The molecule has 0 amide bonds. The van der Waals surface area contributed by atoms with Crippen LogP contribution in [0.1, 0.15) is 21.5 Å². The number of carbonyl (C=O) groups is 1. The number of hydrogen-bond donors (Lipinski definition) is 0. The minimum absolute atomic E-state index is 0.0110. The number of ether oxygens (including phenoxy) is 1. The van der Waals surface area contributed by atoms with E-state index < -0.39 is 0 Å². The third-order valence-electron chi connectivity index (χ3n) is 2.74. The normalized spacial score (nSPS) is 9.68. The van der Waals surface area contributed by atoms with E-state index in [2.05, 4.69) is 5.92 Å². The maximum absolute atomic E-state index is 11.9. The molecule has 0 aliphatic carbocycles. The van der Waals surface area contributed by atoms with Crippen molar-refractivity contribution >= 4 is 5.78 Å². The fraction of sp³-hybridized carbons (Fsp3) is 0.118. The minimum atomic E-state index is -0.0499. The molecule has 0 aliphatic heterocycles. The lowest BCUT2D eigenvalue weighted by molar-refractivity contribution is 0.0921. The molecule has 0 saturated carbocycles. The topological polar surface area (TPSA) is 26.3 Å². The Hall–Kier alpha value is -2.53. The Kier molecular flexibility index (Phi) is 4.00. The van der Waals surface area contributed by atoms with Crippen LogP contribution >= 0.6 is 0 Å². The van der Waals surface area contributed by atoms with Crippen LogP contribution < -0.4 is 4.74 Å². The Bertz CT molecular complexity index is 618. The average Bonchev–Trinajstić information content (AvgIpc) is 2.46. The Balaban J connectivity index is 2.00. The second-order valence-electron chi connectivity index (χ2n) is 4.25. The number of hydrogen-bond acceptors (Lipinski definition) is 2. The lowest BCUT2D eigenvalue weighted by Crippen LogP contribution is -2.11. The monoisotopic (exact) mass is 250 g/mol. The van der Waals surface area contributed by atoms with Crippen molar-refractivity contribution in [3.8, 4) is 18.1 Å². The molecule has 2 nitrogen and oxygen atoms in total. The zero-order valence-corrected chi connectivity index (χ0v) is 10.7. The molecule has 2 heteroatoms. The number of carbonyl (C=O) groups excluding carboxylic acids is 1. The molecule has 2 aromatic carbocycles. The van der Waals surface area contributed by atoms with Crippen LogP contribution in [0, 0.1) is 19.3 Å². The lowest BCUT2D eigenvalue weighted by atomic mass is 10.1. The predicted molar refractivity (Wildman–Crippen MR) is 75.4 cm³/mol. The van der Waals surface area contributed by atoms with Crippen LogP contribution in [0.25, 0.3) is 0 Å². The molecule has 0 atom stereocenters. The highest BCUT2D eigenvalue weighted by atomic mass is 16.5. The molecule has 0 aromatic heterocycles. The van der Waals surface area contributed by atoms with Crippen LogP contribution in [-0.2, 0) is 0 Å². The summed E-state index contributed by atoms with van der Waals surface area (Å²) < 4.78 is 5.45. The summed E-state index contributed by atoms with van der Waals surface area (Å²) in [5.41, 5.74) is 2.51. The number of terminal acetylenes is 1. The second-order valence-corrected chi connectivity index (χ2v) is 4.25. The van der Waals surface area contributed by atoms with Crippen molar-refractivity contribution in [2.24, 2.45) is 0 Å². The smallest absolute Gasteiger partial charge is 0.200 e. The zero-order chi connectivity index (χ0) is 13.7. The van der Waals surface area contributed by atoms with Gasteiger partial charge >= 0.3 is 0 Å². The molecular formula is C17H14O2. The van der Waals surface area contributed by atoms with Crippen molar-refractivity contribution < 1.29 is 9.53 Å². The van der Waals surface area contributed by atoms with Gasteiger partial charge in [0.15, 0.2) is 12.4 Å². The number of rotatable bonds is 4. The fourth-order valence-corrected chi connectivity index (χ4v) is 1.65. The molecule has 2 aromatic rings. The van der Waals surface area contributed by atoms with Crippen LogP contribution in [0.4, 0.5) is 0 Å². The van der Waals surface area contributed by atoms with Gasteiger partial charge in [-0.05, 0) is 25.1 Å². The maximum atomic E-state index is 11.9. The SMILES string of the molecule is C#Cc1cccc(OCC(=O)c2ccc(C)cc2)c1. The van der Waals surface area contributed by atoms with Crippen molar-refractivity contribution in [1.82, 2.24) is 0 Å². The summed E-state index contributed by atoms with van der Waals surface area (Å²) in [5, 5.41) is 0. The van der Waals surface area contributed by atoms with Gasteiger partial charge in [-0.15, -0.1) is 6.42 Å². The first-order valence-electron chi connectivity index (χ1n) is 5.98. The van der Waals surface area contributed by atoms with Gasteiger partial charge in [0.2, 0.25) is 0 Å². The van der Waals surface area contributed by atoms with Crippen molar-refractivity contribution in [3.05, 3.63) is 65.2 Å². The molecule has 0 aliphatic rings. The van der Waals surface area contributed by atoms with E-state index in [0.29, 0.717) is 11.3 Å². The number of ketones is 1. The first kappa shape index (κ1) is 12.9. The third-order valence-corrected chi connectivity index (χ3v) is 2.74. The van der Waals surface area contributed by atoms with Crippen LogP contribution in [0.2, 0.25) is 0 Å². The van der Waals surface area contributed by atoms with E-state index in [0.717, 1.165) is 11.1 Å². The van der Waals surface area contributed by atoms with Crippen LogP contribution in [0.3, 0.4) is 0 Å².